The van der Waals surface area contributed by atoms with E-state index in [0.29, 0.717) is 17.5 Å². The first-order chi connectivity index (χ1) is 19.7. The summed E-state index contributed by atoms with van der Waals surface area (Å²) in [6, 6.07) is 42.7. The van der Waals surface area contributed by atoms with Crippen LogP contribution in [0.5, 0.6) is 0 Å². The van der Waals surface area contributed by atoms with Crippen LogP contribution in [0.15, 0.2) is 121 Å². The molecule has 0 aliphatic rings. The molecule has 2 aromatic heterocycles. The van der Waals surface area contributed by atoms with Crippen molar-refractivity contribution in [2.24, 2.45) is 0 Å². The highest BCUT2D eigenvalue weighted by atomic mass is 32.1. The normalized spacial score (nSPS) is 11.6. The van der Waals surface area contributed by atoms with Crippen molar-refractivity contribution in [1.82, 2.24) is 15.0 Å². The van der Waals surface area contributed by atoms with Gasteiger partial charge in [-0.2, -0.15) is 0 Å². The Morgan fingerprint density at radius 1 is 0.500 bits per heavy atom. The van der Waals surface area contributed by atoms with E-state index >= 15 is 0 Å². The van der Waals surface area contributed by atoms with Gasteiger partial charge in [0.15, 0.2) is 17.5 Å². The number of benzene rings is 6. The van der Waals surface area contributed by atoms with E-state index in [4.69, 9.17) is 15.0 Å². The van der Waals surface area contributed by atoms with Crippen molar-refractivity contribution in [3.8, 4) is 34.2 Å². The second-order valence-corrected chi connectivity index (χ2v) is 11.2. The molecule has 2 heterocycles. The number of fused-ring (bicyclic) bond motifs is 6. The number of rotatable bonds is 3. The van der Waals surface area contributed by atoms with Gasteiger partial charge in [0, 0.05) is 36.9 Å². The minimum absolute atomic E-state index is 0.674. The highest BCUT2D eigenvalue weighted by Gasteiger charge is 2.18. The van der Waals surface area contributed by atoms with E-state index < -0.39 is 0 Å². The van der Waals surface area contributed by atoms with E-state index in [9.17, 15) is 0 Å². The van der Waals surface area contributed by atoms with Gasteiger partial charge in [0.25, 0.3) is 0 Å². The highest BCUT2D eigenvalue weighted by molar-refractivity contribution is 7.26. The standard InChI is InChI=1S/C36H23N3S/c1-22-13-15-25(16-14-22)34-37-35(27-18-17-23-7-2-3-9-26(23)21-27)39-36(38-34)30-11-6-12-31-32(30)29-20-19-24-8-4-5-10-28(24)33(29)40-31/h2-21H,1H3. The zero-order chi connectivity index (χ0) is 26.6. The lowest BCUT2D eigenvalue weighted by Crippen LogP contribution is -2.00. The maximum absolute atomic E-state index is 5.11. The van der Waals surface area contributed by atoms with Crippen LogP contribution in [0, 0.1) is 6.92 Å². The Morgan fingerprint density at radius 3 is 2.02 bits per heavy atom. The van der Waals surface area contributed by atoms with E-state index in [1.807, 2.05) is 11.3 Å². The fraction of sp³-hybridized carbons (Fsp3) is 0.0278. The third-order valence-electron chi connectivity index (χ3n) is 7.58. The Morgan fingerprint density at radius 2 is 1.18 bits per heavy atom. The largest absolute Gasteiger partial charge is 0.208 e. The summed E-state index contributed by atoms with van der Waals surface area (Å²) in [6.07, 6.45) is 0. The van der Waals surface area contributed by atoms with Gasteiger partial charge in [-0.3, -0.25) is 0 Å². The predicted molar refractivity (Wildman–Crippen MR) is 169 cm³/mol. The summed E-state index contributed by atoms with van der Waals surface area (Å²) in [5.74, 6) is 2.04. The molecule has 0 N–H and O–H groups in total. The van der Waals surface area contributed by atoms with Gasteiger partial charge < -0.3 is 0 Å². The summed E-state index contributed by atoms with van der Waals surface area (Å²) < 4.78 is 2.52. The van der Waals surface area contributed by atoms with Crippen molar-refractivity contribution in [2.75, 3.05) is 0 Å². The monoisotopic (exact) mass is 529 g/mol. The lowest BCUT2D eigenvalue weighted by molar-refractivity contribution is 1.08. The summed E-state index contributed by atoms with van der Waals surface area (Å²) in [5, 5.41) is 7.32. The van der Waals surface area contributed by atoms with Crippen LogP contribution >= 0.6 is 11.3 Å². The second kappa shape index (κ2) is 9.08. The lowest BCUT2D eigenvalue weighted by Gasteiger charge is -2.10. The molecule has 0 aliphatic heterocycles. The number of nitrogens with zero attached hydrogens (tertiary/aromatic N) is 3. The van der Waals surface area contributed by atoms with Crippen molar-refractivity contribution in [3.05, 3.63) is 127 Å². The molecule has 4 heteroatoms. The van der Waals surface area contributed by atoms with Crippen LogP contribution in [0.25, 0.3) is 75.9 Å². The molecule has 0 bridgehead atoms. The number of hydrogen-bond acceptors (Lipinski definition) is 4. The Hall–Kier alpha value is -4.93. The summed E-state index contributed by atoms with van der Waals surface area (Å²) in [7, 11) is 0. The zero-order valence-electron chi connectivity index (χ0n) is 21.8. The van der Waals surface area contributed by atoms with Crippen LogP contribution in [0.2, 0.25) is 0 Å². The summed E-state index contributed by atoms with van der Waals surface area (Å²) in [6.45, 7) is 2.09. The van der Waals surface area contributed by atoms with E-state index in [1.165, 1.54) is 41.9 Å². The van der Waals surface area contributed by atoms with Gasteiger partial charge in [-0.05, 0) is 40.6 Å². The van der Waals surface area contributed by atoms with Gasteiger partial charge in [-0.15, -0.1) is 11.3 Å². The van der Waals surface area contributed by atoms with Crippen molar-refractivity contribution < 1.29 is 0 Å². The predicted octanol–water partition coefficient (Wildman–Crippen LogP) is 9.86. The van der Waals surface area contributed by atoms with E-state index in [-0.39, 0.29) is 0 Å². The Bertz CT molecular complexity index is 2230. The molecular formula is C36H23N3S. The molecule has 0 atom stereocenters. The Labute approximate surface area is 235 Å². The maximum atomic E-state index is 5.11. The van der Waals surface area contributed by atoms with E-state index in [0.717, 1.165) is 22.1 Å². The van der Waals surface area contributed by atoms with Gasteiger partial charge in [0.2, 0.25) is 0 Å². The molecule has 0 unspecified atom stereocenters. The molecule has 3 nitrogen and oxygen atoms in total. The fourth-order valence-electron chi connectivity index (χ4n) is 5.53. The fourth-order valence-corrected chi connectivity index (χ4v) is 6.79. The van der Waals surface area contributed by atoms with Crippen molar-refractivity contribution >= 4 is 53.1 Å². The number of aromatic nitrogens is 3. The molecular weight excluding hydrogens is 506 g/mol. The van der Waals surface area contributed by atoms with E-state index in [1.54, 1.807) is 0 Å². The van der Waals surface area contributed by atoms with Gasteiger partial charge in [0.05, 0.1) is 0 Å². The second-order valence-electron chi connectivity index (χ2n) is 10.2. The molecule has 0 spiro atoms. The Balaban J connectivity index is 1.40. The van der Waals surface area contributed by atoms with Gasteiger partial charge in [-0.25, -0.2) is 15.0 Å². The first-order valence-electron chi connectivity index (χ1n) is 13.4. The maximum Gasteiger partial charge on any atom is 0.164 e. The molecule has 8 aromatic rings. The molecule has 0 radical (unpaired) electrons. The van der Waals surface area contributed by atoms with Crippen LogP contribution in [0.4, 0.5) is 0 Å². The molecule has 188 valence electrons. The molecule has 0 aliphatic carbocycles. The SMILES string of the molecule is Cc1ccc(-c2nc(-c3ccc4ccccc4c3)nc(-c3cccc4sc5c6ccccc6ccc5c34)n2)cc1. The number of thiophene rings is 1. The van der Waals surface area contributed by atoms with Gasteiger partial charge in [-0.1, -0.05) is 115 Å². The van der Waals surface area contributed by atoms with Crippen LogP contribution in [-0.2, 0) is 0 Å². The van der Waals surface area contributed by atoms with Crippen LogP contribution in [0.1, 0.15) is 5.56 Å². The topological polar surface area (TPSA) is 38.7 Å². The molecule has 0 saturated carbocycles. The average molecular weight is 530 g/mol. The molecule has 8 rings (SSSR count). The number of aryl methyl sites for hydroxylation is 1. The van der Waals surface area contributed by atoms with Crippen molar-refractivity contribution in [3.63, 3.8) is 0 Å². The summed E-state index contributed by atoms with van der Waals surface area (Å²) in [5.41, 5.74) is 4.18. The minimum Gasteiger partial charge on any atom is -0.208 e. The van der Waals surface area contributed by atoms with Crippen molar-refractivity contribution in [2.45, 2.75) is 6.92 Å². The van der Waals surface area contributed by atoms with Crippen LogP contribution in [-0.4, -0.2) is 15.0 Å². The summed E-state index contributed by atoms with van der Waals surface area (Å²) in [4.78, 5) is 15.2. The minimum atomic E-state index is 0.674. The molecule has 40 heavy (non-hydrogen) atoms. The zero-order valence-corrected chi connectivity index (χ0v) is 22.6. The molecule has 0 amide bonds. The van der Waals surface area contributed by atoms with Crippen molar-refractivity contribution in [1.29, 1.82) is 0 Å². The average Bonchev–Trinajstić information content (AvgIpc) is 3.40. The molecule has 0 saturated heterocycles. The molecule has 0 fully saturated rings. The van der Waals surface area contributed by atoms with Gasteiger partial charge >= 0.3 is 0 Å². The highest BCUT2D eigenvalue weighted by Crippen LogP contribution is 2.42. The van der Waals surface area contributed by atoms with Gasteiger partial charge in [0.1, 0.15) is 0 Å². The first kappa shape index (κ1) is 23.0. The Kier molecular flexibility index (Phi) is 5.22. The quantitative estimate of drug-likeness (QED) is 0.229. The summed E-state index contributed by atoms with van der Waals surface area (Å²) >= 11 is 1.83. The van der Waals surface area contributed by atoms with Crippen LogP contribution in [0.3, 0.4) is 0 Å². The lowest BCUT2D eigenvalue weighted by atomic mass is 10.0. The van der Waals surface area contributed by atoms with Crippen LogP contribution < -0.4 is 0 Å². The molecule has 6 aromatic carbocycles. The number of hydrogen-bond donors (Lipinski definition) is 0. The first-order valence-corrected chi connectivity index (χ1v) is 14.2. The smallest absolute Gasteiger partial charge is 0.164 e. The third-order valence-corrected chi connectivity index (χ3v) is 8.78. The third kappa shape index (κ3) is 3.76. The van der Waals surface area contributed by atoms with E-state index in [2.05, 4.69) is 128 Å².